The minimum atomic E-state index is 0.550. The number of anilines is 1. The van der Waals surface area contributed by atoms with E-state index < -0.39 is 0 Å². The lowest BCUT2D eigenvalue weighted by atomic mass is 10.2. The lowest BCUT2D eigenvalue weighted by Crippen LogP contribution is -1.99. The van der Waals surface area contributed by atoms with E-state index in [-0.39, 0.29) is 0 Å². The Morgan fingerprint density at radius 1 is 0.947 bits per heavy atom. The van der Waals surface area contributed by atoms with Crippen LogP contribution in [0.2, 0.25) is 15.1 Å². The van der Waals surface area contributed by atoms with Gasteiger partial charge in [-0.25, -0.2) is 0 Å². The summed E-state index contributed by atoms with van der Waals surface area (Å²) in [6, 6.07) is 11.1. The SMILES string of the molecule is COc1ccc(NCc2ccc(Cl)c(Cl)c2)cc1Cl. The van der Waals surface area contributed by atoms with Gasteiger partial charge in [-0.15, -0.1) is 0 Å². The van der Waals surface area contributed by atoms with E-state index in [4.69, 9.17) is 39.5 Å². The number of rotatable bonds is 4. The molecule has 0 aromatic heterocycles. The van der Waals surface area contributed by atoms with E-state index in [9.17, 15) is 0 Å². The number of halogens is 3. The largest absolute Gasteiger partial charge is 0.495 e. The van der Waals surface area contributed by atoms with Crippen LogP contribution in [-0.2, 0) is 6.54 Å². The van der Waals surface area contributed by atoms with Crippen LogP contribution < -0.4 is 10.1 Å². The fourth-order valence-electron chi connectivity index (χ4n) is 1.63. The van der Waals surface area contributed by atoms with Gasteiger partial charge in [-0.2, -0.15) is 0 Å². The molecule has 0 aliphatic carbocycles. The van der Waals surface area contributed by atoms with Gasteiger partial charge in [-0.3, -0.25) is 0 Å². The second-order valence-electron chi connectivity index (χ2n) is 3.95. The molecule has 2 rings (SSSR count). The summed E-state index contributed by atoms with van der Waals surface area (Å²) in [4.78, 5) is 0. The molecule has 0 fully saturated rings. The minimum Gasteiger partial charge on any atom is -0.495 e. The minimum absolute atomic E-state index is 0.550. The second kappa shape index (κ2) is 6.38. The summed E-state index contributed by atoms with van der Waals surface area (Å²) in [5.74, 6) is 0.654. The summed E-state index contributed by atoms with van der Waals surface area (Å²) >= 11 is 17.9. The molecular weight excluding hydrogens is 305 g/mol. The Hall–Kier alpha value is -1.09. The fraction of sp³-hybridized carbons (Fsp3) is 0.143. The van der Waals surface area contributed by atoms with E-state index in [1.54, 1.807) is 13.2 Å². The molecule has 0 aliphatic rings. The Balaban J connectivity index is 2.05. The first kappa shape index (κ1) is 14.3. The Bertz CT molecular complexity index is 587. The van der Waals surface area contributed by atoms with Crippen molar-refractivity contribution in [3.8, 4) is 5.75 Å². The van der Waals surface area contributed by atoms with Crippen LogP contribution in [0.4, 0.5) is 5.69 Å². The van der Waals surface area contributed by atoms with Crippen molar-refractivity contribution in [3.05, 3.63) is 57.0 Å². The smallest absolute Gasteiger partial charge is 0.137 e. The predicted octanol–water partition coefficient (Wildman–Crippen LogP) is 5.27. The summed E-state index contributed by atoms with van der Waals surface area (Å²) in [5, 5.41) is 4.93. The Morgan fingerprint density at radius 2 is 1.74 bits per heavy atom. The van der Waals surface area contributed by atoms with Crippen LogP contribution in [-0.4, -0.2) is 7.11 Å². The molecule has 0 atom stereocenters. The summed E-state index contributed by atoms with van der Waals surface area (Å²) in [6.45, 7) is 0.638. The molecule has 0 radical (unpaired) electrons. The highest BCUT2D eigenvalue weighted by Crippen LogP contribution is 2.28. The third-order valence-corrected chi connectivity index (χ3v) is 3.67. The molecule has 100 valence electrons. The number of benzene rings is 2. The number of hydrogen-bond donors (Lipinski definition) is 1. The normalized spacial score (nSPS) is 10.3. The third kappa shape index (κ3) is 3.69. The van der Waals surface area contributed by atoms with Crippen LogP contribution in [0, 0.1) is 0 Å². The maximum Gasteiger partial charge on any atom is 0.137 e. The van der Waals surface area contributed by atoms with Crippen LogP contribution in [0.1, 0.15) is 5.56 Å². The average Bonchev–Trinajstić information content (AvgIpc) is 2.40. The van der Waals surface area contributed by atoms with Crippen molar-refractivity contribution in [2.45, 2.75) is 6.54 Å². The standard InChI is InChI=1S/C14H12Cl3NO/c1-19-14-5-3-10(7-13(14)17)18-8-9-2-4-11(15)12(16)6-9/h2-7,18H,8H2,1H3. The maximum absolute atomic E-state index is 6.05. The Labute approximate surface area is 127 Å². The molecule has 0 spiro atoms. The molecule has 0 saturated carbocycles. The van der Waals surface area contributed by atoms with Crippen LogP contribution in [0.15, 0.2) is 36.4 Å². The molecule has 0 unspecified atom stereocenters. The highest BCUT2D eigenvalue weighted by molar-refractivity contribution is 6.42. The van der Waals surface area contributed by atoms with Gasteiger partial charge in [0.05, 0.1) is 22.2 Å². The first-order valence-electron chi connectivity index (χ1n) is 5.61. The van der Waals surface area contributed by atoms with Gasteiger partial charge in [0.25, 0.3) is 0 Å². The lowest BCUT2D eigenvalue weighted by molar-refractivity contribution is 0.415. The van der Waals surface area contributed by atoms with E-state index in [0.29, 0.717) is 27.4 Å². The van der Waals surface area contributed by atoms with E-state index in [2.05, 4.69) is 5.32 Å². The van der Waals surface area contributed by atoms with Gasteiger partial charge >= 0.3 is 0 Å². The van der Waals surface area contributed by atoms with Crippen molar-refractivity contribution in [2.75, 3.05) is 12.4 Å². The van der Waals surface area contributed by atoms with Crippen LogP contribution in [0.25, 0.3) is 0 Å². The van der Waals surface area contributed by atoms with Gasteiger partial charge in [0.15, 0.2) is 0 Å². The third-order valence-electron chi connectivity index (χ3n) is 2.63. The first-order valence-corrected chi connectivity index (χ1v) is 6.75. The van der Waals surface area contributed by atoms with E-state index in [0.717, 1.165) is 11.3 Å². The van der Waals surface area contributed by atoms with Crippen molar-refractivity contribution in [3.63, 3.8) is 0 Å². The van der Waals surface area contributed by atoms with Gasteiger partial charge in [-0.1, -0.05) is 40.9 Å². The predicted molar refractivity (Wildman–Crippen MR) is 81.8 cm³/mol. The summed E-state index contributed by atoms with van der Waals surface area (Å²) < 4.78 is 5.10. The number of methoxy groups -OCH3 is 1. The Morgan fingerprint density at radius 3 is 2.37 bits per heavy atom. The molecule has 0 bridgehead atoms. The van der Waals surface area contributed by atoms with Crippen LogP contribution in [0.5, 0.6) is 5.75 Å². The van der Waals surface area contributed by atoms with Gasteiger partial charge in [0, 0.05) is 12.2 Å². The topological polar surface area (TPSA) is 21.3 Å². The highest BCUT2D eigenvalue weighted by Gasteiger charge is 2.03. The second-order valence-corrected chi connectivity index (χ2v) is 5.17. The van der Waals surface area contributed by atoms with Crippen molar-refractivity contribution in [1.82, 2.24) is 0 Å². The molecule has 2 aromatic rings. The monoisotopic (exact) mass is 315 g/mol. The van der Waals surface area contributed by atoms with Crippen molar-refractivity contribution < 1.29 is 4.74 Å². The summed E-state index contributed by atoms with van der Waals surface area (Å²) in [5.41, 5.74) is 1.96. The molecule has 19 heavy (non-hydrogen) atoms. The Kier molecular flexibility index (Phi) is 4.81. The first-order chi connectivity index (χ1) is 9.10. The molecule has 0 amide bonds. The highest BCUT2D eigenvalue weighted by atomic mass is 35.5. The zero-order valence-electron chi connectivity index (χ0n) is 10.2. The maximum atomic E-state index is 6.05. The fourth-order valence-corrected chi connectivity index (χ4v) is 2.21. The molecule has 0 saturated heterocycles. The van der Waals surface area contributed by atoms with Gasteiger partial charge < -0.3 is 10.1 Å². The molecule has 0 heterocycles. The summed E-state index contributed by atoms with van der Waals surface area (Å²) in [7, 11) is 1.59. The van der Waals surface area contributed by atoms with E-state index in [1.807, 2.05) is 30.3 Å². The van der Waals surface area contributed by atoms with E-state index >= 15 is 0 Å². The van der Waals surface area contributed by atoms with Gasteiger partial charge in [0.1, 0.15) is 5.75 Å². The van der Waals surface area contributed by atoms with Crippen molar-refractivity contribution in [2.24, 2.45) is 0 Å². The van der Waals surface area contributed by atoms with Crippen LogP contribution in [0.3, 0.4) is 0 Å². The molecule has 0 aliphatic heterocycles. The van der Waals surface area contributed by atoms with Crippen molar-refractivity contribution >= 4 is 40.5 Å². The zero-order chi connectivity index (χ0) is 13.8. The molecule has 2 aromatic carbocycles. The quantitative estimate of drug-likeness (QED) is 0.830. The molecular formula is C14H12Cl3NO. The van der Waals surface area contributed by atoms with E-state index in [1.165, 1.54) is 0 Å². The number of ether oxygens (including phenoxy) is 1. The van der Waals surface area contributed by atoms with Gasteiger partial charge in [0.2, 0.25) is 0 Å². The number of nitrogens with one attached hydrogen (secondary N) is 1. The summed E-state index contributed by atoms with van der Waals surface area (Å²) in [6.07, 6.45) is 0. The number of hydrogen-bond acceptors (Lipinski definition) is 2. The molecule has 2 nitrogen and oxygen atoms in total. The average molecular weight is 317 g/mol. The lowest BCUT2D eigenvalue weighted by Gasteiger charge is -2.09. The molecule has 1 N–H and O–H groups in total. The zero-order valence-corrected chi connectivity index (χ0v) is 12.5. The molecule has 5 heteroatoms. The van der Waals surface area contributed by atoms with Gasteiger partial charge in [-0.05, 0) is 35.9 Å². The van der Waals surface area contributed by atoms with Crippen LogP contribution >= 0.6 is 34.8 Å². The van der Waals surface area contributed by atoms with Crippen molar-refractivity contribution in [1.29, 1.82) is 0 Å².